The van der Waals surface area contributed by atoms with Crippen molar-refractivity contribution >= 4 is 11.9 Å². The molecule has 4 nitrogen and oxygen atoms in total. The molecule has 1 unspecified atom stereocenters. The highest BCUT2D eigenvalue weighted by atomic mass is 19.1. The SMILES string of the molecule is CC(C(=O)NCCCCC(=O)O)c1c(F)cccc1F. The van der Waals surface area contributed by atoms with Crippen LogP contribution >= 0.6 is 0 Å². The van der Waals surface area contributed by atoms with Crippen molar-refractivity contribution in [2.45, 2.75) is 32.1 Å². The van der Waals surface area contributed by atoms with Gasteiger partial charge in [0.1, 0.15) is 11.6 Å². The van der Waals surface area contributed by atoms with E-state index in [1.807, 2.05) is 0 Å². The van der Waals surface area contributed by atoms with Crippen LogP contribution in [0, 0.1) is 11.6 Å². The van der Waals surface area contributed by atoms with Gasteiger partial charge in [-0.15, -0.1) is 0 Å². The van der Waals surface area contributed by atoms with E-state index in [0.29, 0.717) is 12.8 Å². The molecule has 0 aliphatic carbocycles. The Morgan fingerprint density at radius 1 is 1.25 bits per heavy atom. The molecule has 20 heavy (non-hydrogen) atoms. The summed E-state index contributed by atoms with van der Waals surface area (Å²) in [6, 6.07) is 3.45. The van der Waals surface area contributed by atoms with E-state index in [9.17, 15) is 18.4 Å². The maximum absolute atomic E-state index is 13.5. The van der Waals surface area contributed by atoms with Crippen LogP contribution < -0.4 is 5.32 Å². The number of hydrogen-bond acceptors (Lipinski definition) is 2. The lowest BCUT2D eigenvalue weighted by Crippen LogP contribution is -2.29. The zero-order valence-corrected chi connectivity index (χ0v) is 11.2. The fraction of sp³-hybridized carbons (Fsp3) is 0.429. The smallest absolute Gasteiger partial charge is 0.303 e. The van der Waals surface area contributed by atoms with Crippen LogP contribution in [0.2, 0.25) is 0 Å². The van der Waals surface area contributed by atoms with Crippen molar-refractivity contribution in [2.24, 2.45) is 0 Å². The van der Waals surface area contributed by atoms with Gasteiger partial charge in [0.15, 0.2) is 0 Å². The monoisotopic (exact) mass is 285 g/mol. The summed E-state index contributed by atoms with van der Waals surface area (Å²) in [5.41, 5.74) is -0.254. The van der Waals surface area contributed by atoms with Crippen molar-refractivity contribution in [2.75, 3.05) is 6.54 Å². The zero-order chi connectivity index (χ0) is 15.1. The summed E-state index contributed by atoms with van der Waals surface area (Å²) >= 11 is 0. The summed E-state index contributed by atoms with van der Waals surface area (Å²) in [5.74, 6) is -3.81. The molecular formula is C14H17F2NO3. The molecule has 1 rings (SSSR count). The average molecular weight is 285 g/mol. The minimum absolute atomic E-state index is 0.0351. The number of aliphatic carboxylic acids is 1. The molecular weight excluding hydrogens is 268 g/mol. The van der Waals surface area contributed by atoms with Crippen molar-refractivity contribution in [1.82, 2.24) is 5.32 Å². The Hall–Kier alpha value is -1.98. The third-order valence-electron chi connectivity index (χ3n) is 2.94. The number of rotatable bonds is 7. The second-order valence-corrected chi connectivity index (χ2v) is 4.50. The molecule has 110 valence electrons. The quantitative estimate of drug-likeness (QED) is 0.756. The lowest BCUT2D eigenvalue weighted by molar-refractivity contribution is -0.137. The summed E-state index contributed by atoms with van der Waals surface area (Å²) in [5, 5.41) is 11.0. The van der Waals surface area contributed by atoms with Gasteiger partial charge in [-0.3, -0.25) is 9.59 Å². The number of unbranched alkanes of at least 4 members (excludes halogenated alkanes) is 1. The normalized spacial score (nSPS) is 11.9. The van der Waals surface area contributed by atoms with E-state index in [-0.39, 0.29) is 18.5 Å². The van der Waals surface area contributed by atoms with E-state index in [0.717, 1.165) is 12.1 Å². The molecule has 0 heterocycles. The molecule has 0 bridgehead atoms. The number of benzene rings is 1. The lowest BCUT2D eigenvalue weighted by Gasteiger charge is -2.14. The topological polar surface area (TPSA) is 66.4 Å². The second kappa shape index (κ2) is 7.57. The highest BCUT2D eigenvalue weighted by Crippen LogP contribution is 2.22. The maximum atomic E-state index is 13.5. The fourth-order valence-corrected chi connectivity index (χ4v) is 1.82. The van der Waals surface area contributed by atoms with Crippen molar-refractivity contribution in [3.8, 4) is 0 Å². The number of halogens is 2. The molecule has 0 saturated heterocycles. The van der Waals surface area contributed by atoms with Gasteiger partial charge in [0, 0.05) is 18.5 Å². The molecule has 0 fully saturated rings. The summed E-state index contributed by atoms with van der Waals surface area (Å²) in [6.07, 6.45) is 0.982. The first-order valence-corrected chi connectivity index (χ1v) is 6.37. The van der Waals surface area contributed by atoms with Crippen LogP contribution in [0.4, 0.5) is 8.78 Å². The maximum Gasteiger partial charge on any atom is 0.303 e. The number of carboxylic acid groups (broad SMARTS) is 1. The Bertz CT molecular complexity index is 471. The first-order chi connectivity index (χ1) is 9.43. The van der Waals surface area contributed by atoms with Gasteiger partial charge in [0.05, 0.1) is 5.92 Å². The number of carboxylic acids is 1. The number of hydrogen-bond donors (Lipinski definition) is 2. The molecule has 0 aliphatic rings. The molecule has 1 amide bonds. The van der Waals surface area contributed by atoms with E-state index in [1.165, 1.54) is 13.0 Å². The Labute approximate surface area is 115 Å². The highest BCUT2D eigenvalue weighted by Gasteiger charge is 2.22. The summed E-state index contributed by atoms with van der Waals surface area (Å²) in [6.45, 7) is 1.71. The molecule has 6 heteroatoms. The predicted octanol–water partition coefficient (Wildman–Crippen LogP) is 2.44. The van der Waals surface area contributed by atoms with Crippen LogP contribution in [0.15, 0.2) is 18.2 Å². The molecule has 0 aromatic heterocycles. The fourth-order valence-electron chi connectivity index (χ4n) is 1.82. The van der Waals surface area contributed by atoms with Gasteiger partial charge in [-0.2, -0.15) is 0 Å². The Morgan fingerprint density at radius 3 is 2.40 bits per heavy atom. The van der Waals surface area contributed by atoms with Gasteiger partial charge in [-0.1, -0.05) is 6.07 Å². The van der Waals surface area contributed by atoms with E-state index in [4.69, 9.17) is 5.11 Å². The third kappa shape index (κ3) is 4.60. The summed E-state index contributed by atoms with van der Waals surface area (Å²) < 4.78 is 27.0. The van der Waals surface area contributed by atoms with E-state index < -0.39 is 29.4 Å². The molecule has 0 spiro atoms. The summed E-state index contributed by atoms with van der Waals surface area (Å²) in [7, 11) is 0. The van der Waals surface area contributed by atoms with E-state index >= 15 is 0 Å². The molecule has 0 aliphatic heterocycles. The Morgan fingerprint density at radius 2 is 1.85 bits per heavy atom. The largest absolute Gasteiger partial charge is 0.481 e. The zero-order valence-electron chi connectivity index (χ0n) is 11.2. The van der Waals surface area contributed by atoms with Gasteiger partial charge < -0.3 is 10.4 Å². The Kier molecular flexibility index (Phi) is 6.09. The minimum atomic E-state index is -0.935. The molecule has 1 atom stereocenters. The third-order valence-corrected chi connectivity index (χ3v) is 2.94. The predicted molar refractivity (Wildman–Crippen MR) is 69.3 cm³/mol. The minimum Gasteiger partial charge on any atom is -0.481 e. The van der Waals surface area contributed by atoms with Gasteiger partial charge in [0.2, 0.25) is 5.91 Å². The number of amides is 1. The molecule has 2 N–H and O–H groups in total. The molecule has 1 aromatic carbocycles. The van der Waals surface area contributed by atoms with E-state index in [2.05, 4.69) is 5.32 Å². The van der Waals surface area contributed by atoms with Gasteiger partial charge in [0.25, 0.3) is 0 Å². The molecule has 0 saturated carbocycles. The van der Waals surface area contributed by atoms with Gasteiger partial charge >= 0.3 is 5.97 Å². The standard InChI is InChI=1S/C14H17F2NO3/c1-9(13-10(15)5-4-6-11(13)16)14(20)17-8-3-2-7-12(18)19/h4-6,9H,2-3,7-8H2,1H3,(H,17,20)(H,18,19). The number of carbonyl (C=O) groups is 2. The number of nitrogens with one attached hydrogen (secondary N) is 1. The van der Waals surface area contributed by atoms with E-state index in [1.54, 1.807) is 0 Å². The average Bonchev–Trinajstić information content (AvgIpc) is 2.37. The van der Waals surface area contributed by atoms with Gasteiger partial charge in [-0.25, -0.2) is 8.78 Å². The van der Waals surface area contributed by atoms with Crippen LogP contribution in [0.25, 0.3) is 0 Å². The van der Waals surface area contributed by atoms with Crippen molar-refractivity contribution < 1.29 is 23.5 Å². The highest BCUT2D eigenvalue weighted by molar-refractivity contribution is 5.83. The molecule has 0 radical (unpaired) electrons. The lowest BCUT2D eigenvalue weighted by atomic mass is 9.99. The van der Waals surface area contributed by atoms with Crippen LogP contribution in [0.1, 0.15) is 37.7 Å². The van der Waals surface area contributed by atoms with Crippen LogP contribution in [0.3, 0.4) is 0 Å². The van der Waals surface area contributed by atoms with Crippen LogP contribution in [0.5, 0.6) is 0 Å². The Balaban J connectivity index is 2.49. The first-order valence-electron chi connectivity index (χ1n) is 6.37. The van der Waals surface area contributed by atoms with Crippen LogP contribution in [-0.4, -0.2) is 23.5 Å². The van der Waals surface area contributed by atoms with Crippen molar-refractivity contribution in [3.05, 3.63) is 35.4 Å². The van der Waals surface area contributed by atoms with Gasteiger partial charge in [-0.05, 0) is 31.9 Å². The summed E-state index contributed by atoms with van der Waals surface area (Å²) in [4.78, 5) is 22.1. The van der Waals surface area contributed by atoms with Crippen LogP contribution in [-0.2, 0) is 9.59 Å². The van der Waals surface area contributed by atoms with Crippen molar-refractivity contribution in [3.63, 3.8) is 0 Å². The number of carbonyl (C=O) groups excluding carboxylic acids is 1. The van der Waals surface area contributed by atoms with Crippen molar-refractivity contribution in [1.29, 1.82) is 0 Å². The molecule has 1 aromatic rings. The second-order valence-electron chi connectivity index (χ2n) is 4.50. The first kappa shape index (κ1) is 16.1.